The first-order chi connectivity index (χ1) is 10.3. The third kappa shape index (κ3) is 3.64. The molecule has 0 aromatic heterocycles. The summed E-state index contributed by atoms with van der Waals surface area (Å²) >= 11 is 0. The molecule has 0 spiro atoms. The number of benzene rings is 1. The molecule has 1 fully saturated rings. The quantitative estimate of drug-likeness (QED) is 0.847. The van der Waals surface area contributed by atoms with Crippen LogP contribution in [0.3, 0.4) is 0 Å². The maximum Gasteiger partial charge on any atom is 0.231 e. The molecular weight excluding hydrogens is 307 g/mol. The number of carbonyl (C=O) groups is 1. The highest BCUT2D eigenvalue weighted by atomic mass is 32.2. The Morgan fingerprint density at radius 3 is 2.59 bits per heavy atom. The van der Waals surface area contributed by atoms with Gasteiger partial charge in [-0.2, -0.15) is 0 Å². The minimum Gasteiger partial charge on any atom is -0.315 e. The molecule has 0 unspecified atom stereocenters. The van der Waals surface area contributed by atoms with Crippen molar-refractivity contribution in [2.24, 2.45) is 5.92 Å². The van der Waals surface area contributed by atoms with Crippen molar-refractivity contribution in [2.75, 3.05) is 30.8 Å². The molecule has 1 aromatic carbocycles. The molecule has 0 aliphatic carbocycles. The van der Waals surface area contributed by atoms with E-state index in [-0.39, 0.29) is 29.9 Å². The van der Waals surface area contributed by atoms with E-state index in [0.717, 1.165) is 0 Å². The molecule has 1 amide bonds. The fourth-order valence-electron chi connectivity index (χ4n) is 2.65. The number of piperidine rings is 1. The van der Waals surface area contributed by atoms with Crippen LogP contribution in [0, 0.1) is 11.7 Å². The van der Waals surface area contributed by atoms with E-state index in [2.05, 4.69) is 0 Å². The Kier molecular flexibility index (Phi) is 5.18. The molecule has 0 radical (unpaired) electrons. The van der Waals surface area contributed by atoms with E-state index in [9.17, 15) is 17.6 Å². The lowest BCUT2D eigenvalue weighted by atomic mass is 9.98. The van der Waals surface area contributed by atoms with Crippen LogP contribution in [0.2, 0.25) is 0 Å². The Labute approximate surface area is 130 Å². The van der Waals surface area contributed by atoms with Gasteiger partial charge in [0.25, 0.3) is 0 Å². The lowest BCUT2D eigenvalue weighted by Crippen LogP contribution is -2.46. The molecule has 1 aliphatic heterocycles. The van der Waals surface area contributed by atoms with Gasteiger partial charge in [0.15, 0.2) is 0 Å². The average molecular weight is 328 g/mol. The third-order valence-electron chi connectivity index (χ3n) is 4.04. The standard InChI is InChI=1S/C15H21FN2O3S/c1-3-22(20,21)18-10-4-5-12(11-18)15(19)17(2)14-8-6-13(16)7-9-14/h6-9,12H,3-5,10-11H2,1-2H3/t12-/m1/s1. The van der Waals surface area contributed by atoms with Gasteiger partial charge in [0, 0.05) is 25.8 Å². The third-order valence-corrected chi connectivity index (χ3v) is 5.88. The second kappa shape index (κ2) is 6.75. The number of carbonyl (C=O) groups excluding carboxylic acids is 1. The van der Waals surface area contributed by atoms with Crippen molar-refractivity contribution >= 4 is 21.6 Å². The van der Waals surface area contributed by atoms with Crippen molar-refractivity contribution in [3.63, 3.8) is 0 Å². The highest BCUT2D eigenvalue weighted by Gasteiger charge is 2.33. The Balaban J connectivity index is 2.10. The van der Waals surface area contributed by atoms with Gasteiger partial charge < -0.3 is 4.90 Å². The van der Waals surface area contributed by atoms with Gasteiger partial charge in [0.1, 0.15) is 5.82 Å². The van der Waals surface area contributed by atoms with E-state index in [0.29, 0.717) is 25.1 Å². The fraction of sp³-hybridized carbons (Fsp3) is 0.533. The first-order valence-electron chi connectivity index (χ1n) is 7.36. The summed E-state index contributed by atoms with van der Waals surface area (Å²) in [5.41, 5.74) is 0.599. The molecule has 5 nitrogen and oxygen atoms in total. The second-order valence-electron chi connectivity index (χ2n) is 5.47. The molecule has 1 atom stereocenters. The summed E-state index contributed by atoms with van der Waals surface area (Å²) in [6, 6.07) is 5.68. The average Bonchev–Trinajstić information content (AvgIpc) is 2.54. The molecule has 7 heteroatoms. The van der Waals surface area contributed by atoms with Crippen LogP contribution in [0.25, 0.3) is 0 Å². The highest BCUT2D eigenvalue weighted by molar-refractivity contribution is 7.89. The number of hydrogen-bond donors (Lipinski definition) is 0. The highest BCUT2D eigenvalue weighted by Crippen LogP contribution is 2.23. The summed E-state index contributed by atoms with van der Waals surface area (Å²) in [5.74, 6) is -0.808. The molecule has 0 N–H and O–H groups in total. The van der Waals surface area contributed by atoms with E-state index in [1.54, 1.807) is 14.0 Å². The predicted molar refractivity (Wildman–Crippen MR) is 83.6 cm³/mol. The van der Waals surface area contributed by atoms with Crippen molar-refractivity contribution in [1.82, 2.24) is 4.31 Å². The van der Waals surface area contributed by atoms with Gasteiger partial charge >= 0.3 is 0 Å². The lowest BCUT2D eigenvalue weighted by molar-refractivity contribution is -0.123. The molecule has 2 rings (SSSR count). The molecule has 1 heterocycles. The number of rotatable bonds is 4. The van der Waals surface area contributed by atoms with E-state index < -0.39 is 10.0 Å². The summed E-state index contributed by atoms with van der Waals surface area (Å²) in [6.07, 6.45) is 1.34. The van der Waals surface area contributed by atoms with Crippen LogP contribution in [0.15, 0.2) is 24.3 Å². The van der Waals surface area contributed by atoms with Gasteiger partial charge in [0.05, 0.1) is 11.7 Å². The molecule has 0 saturated carbocycles. The summed E-state index contributed by atoms with van der Waals surface area (Å²) in [7, 11) is -1.64. The zero-order valence-corrected chi connectivity index (χ0v) is 13.6. The minimum atomic E-state index is -3.27. The first kappa shape index (κ1) is 16.9. The van der Waals surface area contributed by atoms with E-state index in [1.165, 1.54) is 33.5 Å². The number of amides is 1. The summed E-state index contributed by atoms with van der Waals surface area (Å²) in [6.45, 7) is 2.30. The summed E-state index contributed by atoms with van der Waals surface area (Å²) < 4.78 is 38.3. The van der Waals surface area contributed by atoms with Crippen LogP contribution in [-0.2, 0) is 14.8 Å². The summed E-state index contributed by atoms with van der Waals surface area (Å²) in [5, 5.41) is 0. The van der Waals surface area contributed by atoms with Crippen LogP contribution < -0.4 is 4.90 Å². The van der Waals surface area contributed by atoms with Crippen molar-refractivity contribution in [3.05, 3.63) is 30.1 Å². The monoisotopic (exact) mass is 328 g/mol. The Bertz CT molecular complexity index is 631. The SMILES string of the molecule is CCS(=O)(=O)N1CCC[C@@H](C(=O)N(C)c2ccc(F)cc2)C1. The Morgan fingerprint density at radius 1 is 1.36 bits per heavy atom. The molecule has 22 heavy (non-hydrogen) atoms. The van der Waals surface area contributed by atoms with Gasteiger partial charge in [0.2, 0.25) is 15.9 Å². The minimum absolute atomic E-state index is 0.0434. The number of nitrogens with zero attached hydrogens (tertiary/aromatic N) is 2. The first-order valence-corrected chi connectivity index (χ1v) is 8.97. The van der Waals surface area contributed by atoms with Gasteiger partial charge in [-0.3, -0.25) is 4.79 Å². The number of anilines is 1. The number of hydrogen-bond acceptors (Lipinski definition) is 3. The maximum atomic E-state index is 13.0. The Hall–Kier alpha value is -1.47. The van der Waals surface area contributed by atoms with Gasteiger partial charge in [-0.25, -0.2) is 17.1 Å². The van der Waals surface area contributed by atoms with Crippen molar-refractivity contribution in [1.29, 1.82) is 0 Å². The molecule has 122 valence electrons. The van der Waals surface area contributed by atoms with Crippen molar-refractivity contribution < 1.29 is 17.6 Å². The van der Waals surface area contributed by atoms with Crippen LogP contribution in [0.1, 0.15) is 19.8 Å². The maximum absolute atomic E-state index is 13.0. The Morgan fingerprint density at radius 2 is 2.00 bits per heavy atom. The number of halogens is 1. The van der Waals surface area contributed by atoms with Gasteiger partial charge in [-0.1, -0.05) is 0 Å². The van der Waals surface area contributed by atoms with E-state index >= 15 is 0 Å². The molecular formula is C15H21FN2O3S. The smallest absolute Gasteiger partial charge is 0.231 e. The van der Waals surface area contributed by atoms with Crippen molar-refractivity contribution in [3.8, 4) is 0 Å². The number of sulfonamides is 1. The van der Waals surface area contributed by atoms with Crippen LogP contribution in [0.4, 0.5) is 10.1 Å². The van der Waals surface area contributed by atoms with Gasteiger partial charge in [-0.15, -0.1) is 0 Å². The molecule has 0 bridgehead atoms. The van der Waals surface area contributed by atoms with Crippen LogP contribution in [-0.4, -0.2) is 44.5 Å². The van der Waals surface area contributed by atoms with Crippen LogP contribution >= 0.6 is 0 Å². The van der Waals surface area contributed by atoms with Crippen molar-refractivity contribution in [2.45, 2.75) is 19.8 Å². The topological polar surface area (TPSA) is 57.7 Å². The fourth-order valence-corrected chi connectivity index (χ4v) is 3.82. The lowest BCUT2D eigenvalue weighted by Gasteiger charge is -2.33. The molecule has 1 saturated heterocycles. The van der Waals surface area contributed by atoms with Crippen LogP contribution in [0.5, 0.6) is 0 Å². The largest absolute Gasteiger partial charge is 0.315 e. The zero-order chi connectivity index (χ0) is 16.3. The van der Waals surface area contributed by atoms with Gasteiger partial charge in [-0.05, 0) is 44.0 Å². The van der Waals surface area contributed by atoms with E-state index in [4.69, 9.17) is 0 Å². The van der Waals surface area contributed by atoms with E-state index in [1.807, 2.05) is 0 Å². The normalized spacial score (nSPS) is 19.9. The zero-order valence-electron chi connectivity index (χ0n) is 12.8. The second-order valence-corrected chi connectivity index (χ2v) is 7.73. The predicted octanol–water partition coefficient (Wildman–Crippen LogP) is 1.85. The molecule has 1 aromatic rings. The summed E-state index contributed by atoms with van der Waals surface area (Å²) in [4.78, 5) is 14.0. The molecule has 1 aliphatic rings.